The molecule has 1 aliphatic rings. The van der Waals surface area contributed by atoms with E-state index in [1.807, 2.05) is 25.1 Å². The van der Waals surface area contributed by atoms with E-state index < -0.39 is 0 Å². The summed E-state index contributed by atoms with van der Waals surface area (Å²) in [7, 11) is 1.61. The minimum Gasteiger partial charge on any atom is -0.495 e. The number of benzene rings is 1. The Morgan fingerprint density at radius 2 is 2.28 bits per heavy atom. The average Bonchev–Trinajstić information content (AvgIpc) is 2.29. The number of hydrogen-bond donors (Lipinski definition) is 2. The zero-order chi connectivity index (χ0) is 13.1. The van der Waals surface area contributed by atoms with E-state index >= 15 is 0 Å². The smallest absolute Gasteiger partial charge is 0.227 e. The van der Waals surface area contributed by atoms with Gasteiger partial charge in [-0.15, -0.1) is 0 Å². The molecule has 1 aromatic rings. The largest absolute Gasteiger partial charge is 0.495 e. The third kappa shape index (κ3) is 2.84. The van der Waals surface area contributed by atoms with Crippen molar-refractivity contribution in [2.75, 3.05) is 25.5 Å². The van der Waals surface area contributed by atoms with Gasteiger partial charge in [-0.3, -0.25) is 4.79 Å². The number of rotatable bonds is 4. The van der Waals surface area contributed by atoms with Crippen LogP contribution < -0.4 is 15.4 Å². The fourth-order valence-electron chi connectivity index (χ4n) is 1.87. The van der Waals surface area contributed by atoms with E-state index in [9.17, 15) is 4.79 Å². The summed E-state index contributed by atoms with van der Waals surface area (Å²) in [5.41, 5.74) is 0.763. The molecule has 18 heavy (non-hydrogen) atoms. The third-order valence-electron chi connectivity index (χ3n) is 3.35. The molecule has 0 bridgehead atoms. The Balaban J connectivity index is 2.02. The lowest BCUT2D eigenvalue weighted by Gasteiger charge is -2.31. The summed E-state index contributed by atoms with van der Waals surface area (Å²) < 4.78 is 6.07. The highest BCUT2D eigenvalue weighted by Crippen LogP contribution is 2.28. The Labute approximate surface area is 115 Å². The normalized spacial score (nSPS) is 16.8. The second kappa shape index (κ2) is 5.71. The number of nitrogens with one attached hydrogen (secondary N) is 2. The number of halogens is 1. The van der Waals surface area contributed by atoms with Gasteiger partial charge in [0.25, 0.3) is 0 Å². The van der Waals surface area contributed by atoms with Crippen molar-refractivity contribution in [3.05, 3.63) is 22.7 Å². The number of methoxy groups -OCH3 is 1. The van der Waals surface area contributed by atoms with Crippen molar-refractivity contribution < 1.29 is 9.53 Å². The molecule has 1 fully saturated rings. The van der Waals surface area contributed by atoms with Gasteiger partial charge in [-0.1, -0.05) is 6.92 Å². The summed E-state index contributed by atoms with van der Waals surface area (Å²) in [5, 5.41) is 6.11. The molecule has 1 aliphatic heterocycles. The molecule has 1 atom stereocenters. The summed E-state index contributed by atoms with van der Waals surface area (Å²) in [6.45, 7) is 3.83. The molecule has 98 valence electrons. The van der Waals surface area contributed by atoms with Crippen molar-refractivity contribution in [1.82, 2.24) is 5.32 Å². The van der Waals surface area contributed by atoms with Gasteiger partial charge in [0.2, 0.25) is 5.91 Å². The molecule has 4 nitrogen and oxygen atoms in total. The molecule has 0 saturated carbocycles. The van der Waals surface area contributed by atoms with Crippen LogP contribution in [-0.2, 0) is 4.79 Å². The van der Waals surface area contributed by atoms with Crippen molar-refractivity contribution in [3.63, 3.8) is 0 Å². The van der Waals surface area contributed by atoms with E-state index in [0.29, 0.717) is 11.7 Å². The molecule has 0 aliphatic carbocycles. The highest BCUT2D eigenvalue weighted by atomic mass is 79.9. The fourth-order valence-corrected chi connectivity index (χ4v) is 2.28. The Kier molecular flexibility index (Phi) is 4.24. The molecule has 1 saturated heterocycles. The molecule has 2 rings (SSSR count). The van der Waals surface area contributed by atoms with Gasteiger partial charge in [0, 0.05) is 17.7 Å². The first-order valence-electron chi connectivity index (χ1n) is 5.97. The van der Waals surface area contributed by atoms with Crippen LogP contribution in [0.2, 0.25) is 0 Å². The molecule has 5 heteroatoms. The molecule has 0 spiro atoms. The van der Waals surface area contributed by atoms with Crippen LogP contribution in [0.4, 0.5) is 5.69 Å². The monoisotopic (exact) mass is 312 g/mol. The quantitative estimate of drug-likeness (QED) is 0.896. The van der Waals surface area contributed by atoms with Crippen LogP contribution in [0.5, 0.6) is 5.75 Å². The second-order valence-corrected chi connectivity index (χ2v) is 5.40. The minimum absolute atomic E-state index is 0.0286. The van der Waals surface area contributed by atoms with Crippen LogP contribution in [0, 0.1) is 11.8 Å². The van der Waals surface area contributed by atoms with E-state index in [1.54, 1.807) is 7.11 Å². The first kappa shape index (κ1) is 13.4. The van der Waals surface area contributed by atoms with Gasteiger partial charge < -0.3 is 15.4 Å². The van der Waals surface area contributed by atoms with Crippen LogP contribution in [0.25, 0.3) is 0 Å². The van der Waals surface area contributed by atoms with Gasteiger partial charge >= 0.3 is 0 Å². The number of anilines is 1. The van der Waals surface area contributed by atoms with Gasteiger partial charge in [-0.25, -0.2) is 0 Å². The molecule has 1 heterocycles. The Morgan fingerprint density at radius 1 is 1.56 bits per heavy atom. The number of hydrogen-bond acceptors (Lipinski definition) is 3. The van der Waals surface area contributed by atoms with E-state index in [-0.39, 0.29) is 11.8 Å². The molecule has 0 aromatic heterocycles. The average molecular weight is 313 g/mol. The molecular formula is C13H17BrN2O2. The zero-order valence-corrected chi connectivity index (χ0v) is 12.1. The van der Waals surface area contributed by atoms with Crippen LogP contribution in [0.3, 0.4) is 0 Å². The predicted octanol–water partition coefficient (Wildman–Crippen LogP) is 2.25. The van der Waals surface area contributed by atoms with Crippen molar-refractivity contribution in [1.29, 1.82) is 0 Å². The number of amides is 1. The Hall–Kier alpha value is -1.07. The molecule has 1 amide bonds. The molecule has 0 radical (unpaired) electrons. The van der Waals surface area contributed by atoms with Gasteiger partial charge in [-0.2, -0.15) is 0 Å². The lowest BCUT2D eigenvalue weighted by Crippen LogP contribution is -2.48. The number of ether oxygens (including phenoxy) is 1. The summed E-state index contributed by atoms with van der Waals surface area (Å²) in [6, 6.07) is 5.54. The van der Waals surface area contributed by atoms with Crippen LogP contribution in [0.1, 0.15) is 6.92 Å². The van der Waals surface area contributed by atoms with Gasteiger partial charge in [-0.05, 0) is 47.1 Å². The summed E-state index contributed by atoms with van der Waals surface area (Å²) in [4.78, 5) is 12.0. The van der Waals surface area contributed by atoms with E-state index in [1.165, 1.54) is 0 Å². The SMILES string of the molecule is COc1cc(NC(=O)C(C)C2CNC2)ccc1Br. The summed E-state index contributed by atoms with van der Waals surface area (Å²) in [6.07, 6.45) is 0. The van der Waals surface area contributed by atoms with Gasteiger partial charge in [0.15, 0.2) is 0 Å². The highest BCUT2D eigenvalue weighted by Gasteiger charge is 2.28. The summed E-state index contributed by atoms with van der Waals surface area (Å²) in [5.74, 6) is 1.25. The molecular weight excluding hydrogens is 296 g/mol. The van der Waals surface area contributed by atoms with Crippen LogP contribution >= 0.6 is 15.9 Å². The van der Waals surface area contributed by atoms with E-state index in [2.05, 4.69) is 26.6 Å². The van der Waals surface area contributed by atoms with Crippen molar-refractivity contribution in [2.24, 2.45) is 11.8 Å². The number of carbonyl (C=O) groups is 1. The van der Waals surface area contributed by atoms with E-state index in [4.69, 9.17) is 4.74 Å². The maximum Gasteiger partial charge on any atom is 0.227 e. The van der Waals surface area contributed by atoms with Crippen molar-refractivity contribution in [3.8, 4) is 5.75 Å². The maximum atomic E-state index is 12.0. The van der Waals surface area contributed by atoms with Crippen LogP contribution in [-0.4, -0.2) is 26.1 Å². The molecule has 1 unspecified atom stereocenters. The molecule has 1 aromatic carbocycles. The van der Waals surface area contributed by atoms with E-state index in [0.717, 1.165) is 23.2 Å². The van der Waals surface area contributed by atoms with Gasteiger partial charge in [0.1, 0.15) is 5.75 Å². The maximum absolute atomic E-state index is 12.0. The number of carbonyl (C=O) groups excluding carboxylic acids is 1. The minimum atomic E-state index is 0.0286. The van der Waals surface area contributed by atoms with Gasteiger partial charge in [0.05, 0.1) is 11.6 Å². The Morgan fingerprint density at radius 3 is 2.83 bits per heavy atom. The standard InChI is InChI=1S/C13H17BrN2O2/c1-8(9-6-15-7-9)13(17)16-10-3-4-11(14)12(5-10)18-2/h3-5,8-9,15H,6-7H2,1-2H3,(H,16,17). The van der Waals surface area contributed by atoms with Crippen molar-refractivity contribution >= 4 is 27.5 Å². The predicted molar refractivity (Wildman–Crippen MR) is 74.8 cm³/mol. The topological polar surface area (TPSA) is 50.4 Å². The summed E-state index contributed by atoms with van der Waals surface area (Å²) >= 11 is 3.38. The molecule has 2 N–H and O–H groups in total. The first-order chi connectivity index (χ1) is 8.61. The first-order valence-corrected chi connectivity index (χ1v) is 6.76. The lowest BCUT2D eigenvalue weighted by molar-refractivity contribution is -0.121. The van der Waals surface area contributed by atoms with Crippen molar-refractivity contribution in [2.45, 2.75) is 6.92 Å². The second-order valence-electron chi connectivity index (χ2n) is 4.55. The zero-order valence-electron chi connectivity index (χ0n) is 10.5. The third-order valence-corrected chi connectivity index (χ3v) is 4.01. The Bertz CT molecular complexity index is 447. The fraction of sp³-hybridized carbons (Fsp3) is 0.462. The highest BCUT2D eigenvalue weighted by molar-refractivity contribution is 9.10. The van der Waals surface area contributed by atoms with Crippen LogP contribution in [0.15, 0.2) is 22.7 Å². The lowest BCUT2D eigenvalue weighted by atomic mass is 9.88.